The third kappa shape index (κ3) is 3.27. The Hall–Kier alpha value is -1.63. The molecule has 1 aromatic carbocycles. The standard InChI is InChI=1S/C13H15BrN2O4/c14-9-5-6-11(16(19)20)12(7-9)15(8-13(17)18)10-3-1-2-4-10/h5-7,10H,1-4,8H2,(H,17,18). The number of rotatable bonds is 5. The van der Waals surface area contributed by atoms with Crippen molar-refractivity contribution in [3.8, 4) is 0 Å². The van der Waals surface area contributed by atoms with E-state index in [-0.39, 0.29) is 18.3 Å². The molecule has 1 aliphatic carbocycles. The topological polar surface area (TPSA) is 83.7 Å². The van der Waals surface area contributed by atoms with E-state index >= 15 is 0 Å². The third-order valence-corrected chi connectivity index (χ3v) is 4.01. The lowest BCUT2D eigenvalue weighted by atomic mass is 10.1. The summed E-state index contributed by atoms with van der Waals surface area (Å²) in [6.07, 6.45) is 3.80. The van der Waals surface area contributed by atoms with Gasteiger partial charge in [0.25, 0.3) is 5.69 Å². The molecule has 0 spiro atoms. The van der Waals surface area contributed by atoms with Crippen LogP contribution in [0.15, 0.2) is 22.7 Å². The van der Waals surface area contributed by atoms with Gasteiger partial charge in [0, 0.05) is 16.6 Å². The second-order valence-corrected chi connectivity index (χ2v) is 5.77. The molecule has 20 heavy (non-hydrogen) atoms. The fourth-order valence-electron chi connectivity index (χ4n) is 2.65. The van der Waals surface area contributed by atoms with Gasteiger partial charge in [0.1, 0.15) is 12.2 Å². The summed E-state index contributed by atoms with van der Waals surface area (Å²) < 4.78 is 0.700. The maximum Gasteiger partial charge on any atom is 0.323 e. The molecule has 1 N–H and O–H groups in total. The lowest BCUT2D eigenvalue weighted by molar-refractivity contribution is -0.384. The second kappa shape index (κ2) is 6.21. The van der Waals surface area contributed by atoms with Crippen molar-refractivity contribution in [2.24, 2.45) is 0 Å². The first-order chi connectivity index (χ1) is 9.49. The van der Waals surface area contributed by atoms with Crippen LogP contribution in [0.3, 0.4) is 0 Å². The molecule has 0 radical (unpaired) electrons. The highest BCUT2D eigenvalue weighted by Gasteiger charge is 2.29. The molecule has 0 bridgehead atoms. The van der Waals surface area contributed by atoms with Crippen LogP contribution in [-0.4, -0.2) is 28.6 Å². The number of anilines is 1. The molecule has 2 rings (SSSR count). The molecule has 0 aromatic heterocycles. The van der Waals surface area contributed by atoms with E-state index in [1.165, 1.54) is 6.07 Å². The lowest BCUT2D eigenvalue weighted by Crippen LogP contribution is -2.38. The zero-order chi connectivity index (χ0) is 14.7. The molecule has 0 saturated heterocycles. The van der Waals surface area contributed by atoms with Crippen LogP contribution >= 0.6 is 15.9 Å². The molecule has 1 aromatic rings. The summed E-state index contributed by atoms with van der Waals surface area (Å²) in [4.78, 5) is 23.4. The smallest absolute Gasteiger partial charge is 0.323 e. The first kappa shape index (κ1) is 14.8. The van der Waals surface area contributed by atoms with Gasteiger partial charge in [-0.05, 0) is 25.0 Å². The van der Waals surface area contributed by atoms with Crippen molar-refractivity contribution >= 4 is 33.3 Å². The maximum atomic E-state index is 11.2. The monoisotopic (exact) mass is 342 g/mol. The van der Waals surface area contributed by atoms with Crippen LogP contribution < -0.4 is 4.90 Å². The molecule has 0 aliphatic heterocycles. The summed E-state index contributed by atoms with van der Waals surface area (Å²) in [7, 11) is 0. The Morgan fingerprint density at radius 3 is 2.65 bits per heavy atom. The number of nitrogens with zero attached hydrogens (tertiary/aromatic N) is 2. The van der Waals surface area contributed by atoms with Crippen molar-refractivity contribution in [2.75, 3.05) is 11.4 Å². The van der Waals surface area contributed by atoms with Gasteiger partial charge in [0.05, 0.1) is 4.92 Å². The number of benzene rings is 1. The van der Waals surface area contributed by atoms with Gasteiger partial charge in [-0.1, -0.05) is 28.8 Å². The van der Waals surface area contributed by atoms with Gasteiger partial charge in [-0.15, -0.1) is 0 Å². The van der Waals surface area contributed by atoms with Crippen LogP contribution in [0.1, 0.15) is 25.7 Å². The lowest BCUT2D eigenvalue weighted by Gasteiger charge is -2.29. The molecule has 0 atom stereocenters. The predicted molar refractivity (Wildman–Crippen MR) is 78.0 cm³/mol. The molecule has 1 fully saturated rings. The SMILES string of the molecule is O=C(O)CN(c1cc(Br)ccc1[N+](=O)[O-])C1CCCC1. The van der Waals surface area contributed by atoms with E-state index in [1.807, 2.05) is 0 Å². The Balaban J connectivity index is 2.43. The van der Waals surface area contributed by atoms with Gasteiger partial charge in [0.2, 0.25) is 0 Å². The molecule has 1 aliphatic rings. The molecular formula is C13H15BrN2O4. The van der Waals surface area contributed by atoms with Crippen molar-refractivity contribution in [1.82, 2.24) is 0 Å². The number of nitro groups is 1. The fourth-order valence-corrected chi connectivity index (χ4v) is 3.00. The van der Waals surface area contributed by atoms with E-state index in [9.17, 15) is 14.9 Å². The Bertz CT molecular complexity index is 529. The first-order valence-electron chi connectivity index (χ1n) is 6.41. The highest BCUT2D eigenvalue weighted by molar-refractivity contribution is 9.10. The molecule has 0 amide bonds. The zero-order valence-electron chi connectivity index (χ0n) is 10.8. The van der Waals surface area contributed by atoms with Crippen LogP contribution in [0.2, 0.25) is 0 Å². The summed E-state index contributed by atoms with van der Waals surface area (Å²) >= 11 is 3.29. The van der Waals surface area contributed by atoms with Crippen molar-refractivity contribution in [3.63, 3.8) is 0 Å². The molecule has 0 heterocycles. The summed E-state index contributed by atoms with van der Waals surface area (Å²) in [6, 6.07) is 4.68. The maximum absolute atomic E-state index is 11.2. The van der Waals surface area contributed by atoms with Gasteiger partial charge in [-0.2, -0.15) is 0 Å². The summed E-state index contributed by atoms with van der Waals surface area (Å²) in [5, 5.41) is 20.2. The molecule has 1 saturated carbocycles. The number of nitro benzene ring substituents is 1. The Labute approximate surface area is 124 Å². The quantitative estimate of drug-likeness (QED) is 0.656. The van der Waals surface area contributed by atoms with Crippen molar-refractivity contribution < 1.29 is 14.8 Å². The summed E-state index contributed by atoms with van der Waals surface area (Å²) in [6.45, 7) is -0.220. The Kier molecular flexibility index (Phi) is 4.59. The van der Waals surface area contributed by atoms with Gasteiger partial charge in [-0.3, -0.25) is 14.9 Å². The summed E-state index contributed by atoms with van der Waals surface area (Å²) in [5.74, 6) is -0.980. The van der Waals surface area contributed by atoms with Crippen molar-refractivity contribution in [1.29, 1.82) is 0 Å². The average molecular weight is 343 g/mol. The summed E-state index contributed by atoms with van der Waals surface area (Å²) in [5.41, 5.74) is 0.319. The van der Waals surface area contributed by atoms with Gasteiger partial charge in [-0.25, -0.2) is 0 Å². The van der Waals surface area contributed by atoms with Crippen LogP contribution in [0, 0.1) is 10.1 Å². The van der Waals surface area contributed by atoms with Crippen LogP contribution in [0.4, 0.5) is 11.4 Å². The molecular weight excluding hydrogens is 328 g/mol. The van der Waals surface area contributed by atoms with Crippen LogP contribution in [0.5, 0.6) is 0 Å². The van der Waals surface area contributed by atoms with Gasteiger partial charge >= 0.3 is 5.97 Å². The number of hydrogen-bond acceptors (Lipinski definition) is 4. The molecule has 108 valence electrons. The Morgan fingerprint density at radius 2 is 2.10 bits per heavy atom. The third-order valence-electron chi connectivity index (χ3n) is 3.51. The largest absolute Gasteiger partial charge is 0.480 e. The number of carboxylic acid groups (broad SMARTS) is 1. The van der Waals surface area contributed by atoms with E-state index in [0.717, 1.165) is 25.7 Å². The average Bonchev–Trinajstić information content (AvgIpc) is 2.88. The second-order valence-electron chi connectivity index (χ2n) is 4.85. The number of hydrogen-bond donors (Lipinski definition) is 1. The van der Waals surface area contributed by atoms with Gasteiger partial charge < -0.3 is 10.0 Å². The minimum atomic E-state index is -0.980. The number of carbonyl (C=O) groups is 1. The van der Waals surface area contributed by atoms with Crippen molar-refractivity contribution in [2.45, 2.75) is 31.7 Å². The molecule has 7 heteroatoms. The van der Waals surface area contributed by atoms with Gasteiger partial charge in [0.15, 0.2) is 0 Å². The molecule has 0 unspecified atom stereocenters. The number of halogens is 1. The normalized spacial score (nSPS) is 15.2. The highest BCUT2D eigenvalue weighted by Crippen LogP contribution is 2.36. The predicted octanol–water partition coefficient (Wildman–Crippen LogP) is 3.19. The number of carboxylic acids is 1. The highest BCUT2D eigenvalue weighted by atomic mass is 79.9. The Morgan fingerprint density at radius 1 is 1.45 bits per heavy atom. The number of aliphatic carboxylic acids is 1. The zero-order valence-corrected chi connectivity index (χ0v) is 12.4. The first-order valence-corrected chi connectivity index (χ1v) is 7.20. The minimum absolute atomic E-state index is 0.0543. The molecule has 6 nitrogen and oxygen atoms in total. The van der Waals surface area contributed by atoms with E-state index in [0.29, 0.717) is 10.2 Å². The van der Waals surface area contributed by atoms with E-state index in [1.54, 1.807) is 17.0 Å². The van der Waals surface area contributed by atoms with E-state index in [4.69, 9.17) is 5.11 Å². The fraction of sp³-hybridized carbons (Fsp3) is 0.462. The van der Waals surface area contributed by atoms with Crippen LogP contribution in [-0.2, 0) is 4.79 Å². The van der Waals surface area contributed by atoms with Crippen molar-refractivity contribution in [3.05, 3.63) is 32.8 Å². The van der Waals surface area contributed by atoms with Crippen LogP contribution in [0.25, 0.3) is 0 Å². The van der Waals surface area contributed by atoms with E-state index < -0.39 is 10.9 Å². The minimum Gasteiger partial charge on any atom is -0.480 e. The van der Waals surface area contributed by atoms with E-state index in [2.05, 4.69) is 15.9 Å².